The molecule has 174 valence electrons. The van der Waals surface area contributed by atoms with Gasteiger partial charge in [0.2, 0.25) is 5.91 Å². The number of primary amides is 1. The summed E-state index contributed by atoms with van der Waals surface area (Å²) in [4.78, 5) is 24.7. The zero-order chi connectivity index (χ0) is 24.8. The zero-order valence-electron chi connectivity index (χ0n) is 16.8. The van der Waals surface area contributed by atoms with Gasteiger partial charge in [-0.2, -0.15) is 13.2 Å². The smallest absolute Gasteiger partial charge is 0.475 e. The largest absolute Gasteiger partial charge is 0.490 e. The fourth-order valence-electron chi connectivity index (χ4n) is 2.88. The van der Waals surface area contributed by atoms with Gasteiger partial charge in [0.25, 0.3) is 0 Å². The number of halogens is 5. The Labute approximate surface area is 184 Å². The van der Waals surface area contributed by atoms with Crippen molar-refractivity contribution in [3.8, 4) is 11.1 Å². The lowest BCUT2D eigenvalue weighted by atomic mass is 9.95. The topological polar surface area (TPSA) is 119 Å². The molecule has 1 unspecified atom stereocenters. The van der Waals surface area contributed by atoms with E-state index in [-0.39, 0.29) is 6.42 Å². The molecule has 1 heterocycles. The Kier molecular flexibility index (Phi) is 8.19. The number of carbonyl (C=O) groups is 2. The van der Waals surface area contributed by atoms with Crippen LogP contribution in [0.1, 0.15) is 27.7 Å². The van der Waals surface area contributed by atoms with Crippen molar-refractivity contribution in [1.82, 2.24) is 4.98 Å². The number of hydrogen-bond donors (Lipinski definition) is 3. The number of aliphatic carboxylic acids is 1. The quantitative estimate of drug-likeness (QED) is 0.490. The van der Waals surface area contributed by atoms with Crippen LogP contribution in [0.4, 0.5) is 22.0 Å². The monoisotopic (exact) mass is 467 g/mol. The van der Waals surface area contributed by atoms with E-state index in [9.17, 15) is 26.7 Å². The molecular formula is C22H18F5N3O3. The summed E-state index contributed by atoms with van der Waals surface area (Å²) in [6, 6.07) is 13.1. The number of amides is 1. The van der Waals surface area contributed by atoms with Crippen LogP contribution in [0.2, 0.25) is 0 Å². The number of hydrogen-bond acceptors (Lipinski definition) is 4. The predicted molar refractivity (Wildman–Crippen MR) is 109 cm³/mol. The van der Waals surface area contributed by atoms with Crippen LogP contribution in [-0.4, -0.2) is 28.1 Å². The van der Waals surface area contributed by atoms with Crippen molar-refractivity contribution in [2.45, 2.75) is 18.6 Å². The lowest BCUT2D eigenvalue weighted by molar-refractivity contribution is -0.192. The third-order valence-corrected chi connectivity index (χ3v) is 4.27. The first kappa shape index (κ1) is 25.4. The minimum absolute atomic E-state index is 0.216. The molecule has 11 heteroatoms. The average Bonchev–Trinajstić information content (AvgIpc) is 2.73. The molecule has 0 bridgehead atoms. The Bertz CT molecular complexity index is 1130. The highest BCUT2D eigenvalue weighted by Gasteiger charge is 2.38. The number of rotatable bonds is 5. The molecule has 2 aromatic carbocycles. The number of nitrogens with two attached hydrogens (primary N) is 2. The van der Waals surface area contributed by atoms with Crippen molar-refractivity contribution in [3.63, 3.8) is 0 Å². The molecule has 1 amide bonds. The van der Waals surface area contributed by atoms with E-state index in [1.807, 2.05) is 12.1 Å². The highest BCUT2D eigenvalue weighted by atomic mass is 19.4. The van der Waals surface area contributed by atoms with Gasteiger partial charge in [0.15, 0.2) is 0 Å². The van der Waals surface area contributed by atoms with Crippen LogP contribution in [0.5, 0.6) is 0 Å². The lowest BCUT2D eigenvalue weighted by Crippen LogP contribution is -2.21. The molecule has 5 N–H and O–H groups in total. The van der Waals surface area contributed by atoms with Gasteiger partial charge >= 0.3 is 12.1 Å². The Morgan fingerprint density at radius 1 is 1.00 bits per heavy atom. The van der Waals surface area contributed by atoms with Crippen LogP contribution in [0.25, 0.3) is 11.1 Å². The van der Waals surface area contributed by atoms with E-state index in [2.05, 4.69) is 4.98 Å². The summed E-state index contributed by atoms with van der Waals surface area (Å²) in [7, 11) is 0. The van der Waals surface area contributed by atoms with Crippen LogP contribution in [0, 0.1) is 11.6 Å². The Hall–Kier alpha value is -3.86. The Morgan fingerprint density at radius 3 is 2.15 bits per heavy atom. The summed E-state index contributed by atoms with van der Waals surface area (Å²) >= 11 is 0. The second kappa shape index (κ2) is 10.6. The third-order valence-electron chi connectivity index (χ3n) is 4.27. The number of pyridine rings is 1. The first-order valence-corrected chi connectivity index (χ1v) is 9.24. The molecule has 0 saturated carbocycles. The molecule has 0 aliphatic carbocycles. The number of benzene rings is 2. The molecule has 33 heavy (non-hydrogen) atoms. The number of carboxylic acids is 1. The molecule has 0 aliphatic rings. The van der Waals surface area contributed by atoms with Gasteiger partial charge in [-0.1, -0.05) is 18.2 Å². The summed E-state index contributed by atoms with van der Waals surface area (Å²) in [5.74, 6) is -4.59. The van der Waals surface area contributed by atoms with Gasteiger partial charge < -0.3 is 16.6 Å². The number of carbonyl (C=O) groups excluding carboxylic acids is 1. The van der Waals surface area contributed by atoms with E-state index in [0.717, 1.165) is 17.2 Å². The molecule has 6 nitrogen and oxygen atoms in total. The molecule has 3 aromatic rings. The maximum absolute atomic E-state index is 13.4. The van der Waals surface area contributed by atoms with Gasteiger partial charge in [-0.3, -0.25) is 9.78 Å². The average molecular weight is 467 g/mol. The minimum atomic E-state index is -5.08. The van der Waals surface area contributed by atoms with E-state index >= 15 is 0 Å². The van der Waals surface area contributed by atoms with Crippen molar-refractivity contribution in [1.29, 1.82) is 0 Å². The van der Waals surface area contributed by atoms with E-state index in [1.54, 1.807) is 30.5 Å². The first-order valence-electron chi connectivity index (χ1n) is 9.24. The van der Waals surface area contributed by atoms with Gasteiger partial charge in [-0.25, -0.2) is 13.6 Å². The highest BCUT2D eigenvalue weighted by molar-refractivity contribution is 5.94. The van der Waals surface area contributed by atoms with E-state index < -0.39 is 35.7 Å². The molecular weight excluding hydrogens is 449 g/mol. The summed E-state index contributed by atoms with van der Waals surface area (Å²) in [5.41, 5.74) is 14.5. The summed E-state index contributed by atoms with van der Waals surface area (Å²) < 4.78 is 58.5. The number of nitrogens with zero attached hydrogens (tertiary/aromatic N) is 1. The minimum Gasteiger partial charge on any atom is -0.475 e. The SMILES string of the molecule is NC(=O)c1cccc(-c2cccnc2C(N)Cc2cc(F)cc(F)c2)c1.O=C(O)C(F)(F)F. The molecule has 0 saturated heterocycles. The van der Waals surface area contributed by atoms with Gasteiger partial charge in [0.1, 0.15) is 11.6 Å². The molecule has 1 atom stereocenters. The molecule has 3 rings (SSSR count). The number of carboxylic acid groups (broad SMARTS) is 1. The third kappa shape index (κ3) is 7.35. The number of aromatic nitrogens is 1. The number of alkyl halides is 3. The summed E-state index contributed by atoms with van der Waals surface area (Å²) in [6.07, 6.45) is -3.27. The molecule has 0 radical (unpaired) electrons. The fraction of sp³-hybridized carbons (Fsp3) is 0.136. The van der Waals surface area contributed by atoms with E-state index in [0.29, 0.717) is 16.8 Å². The van der Waals surface area contributed by atoms with Crippen LogP contribution in [-0.2, 0) is 11.2 Å². The van der Waals surface area contributed by atoms with Crippen LogP contribution in [0.3, 0.4) is 0 Å². The Balaban J connectivity index is 0.000000479. The van der Waals surface area contributed by atoms with E-state index in [1.165, 1.54) is 12.1 Å². The van der Waals surface area contributed by atoms with Gasteiger partial charge in [-0.15, -0.1) is 0 Å². The first-order chi connectivity index (χ1) is 15.4. The molecule has 1 aromatic heterocycles. The molecule has 0 fully saturated rings. The normalized spacial score (nSPS) is 11.8. The Morgan fingerprint density at radius 2 is 1.61 bits per heavy atom. The molecule has 0 spiro atoms. The van der Waals surface area contributed by atoms with Gasteiger partial charge in [-0.05, 0) is 47.9 Å². The summed E-state index contributed by atoms with van der Waals surface area (Å²) in [5, 5.41) is 7.12. The van der Waals surface area contributed by atoms with Crippen molar-refractivity contribution in [2.24, 2.45) is 11.5 Å². The zero-order valence-corrected chi connectivity index (χ0v) is 16.8. The fourth-order valence-corrected chi connectivity index (χ4v) is 2.88. The maximum Gasteiger partial charge on any atom is 0.490 e. The predicted octanol–water partition coefficient (Wildman–Crippen LogP) is 4.00. The van der Waals surface area contributed by atoms with Crippen LogP contribution < -0.4 is 11.5 Å². The van der Waals surface area contributed by atoms with E-state index in [4.69, 9.17) is 21.4 Å². The van der Waals surface area contributed by atoms with Gasteiger partial charge in [0.05, 0.1) is 11.7 Å². The molecule has 0 aliphatic heterocycles. The van der Waals surface area contributed by atoms with Crippen molar-refractivity contribution < 1.29 is 36.6 Å². The lowest BCUT2D eigenvalue weighted by Gasteiger charge is -2.16. The van der Waals surface area contributed by atoms with Gasteiger partial charge in [0, 0.05) is 23.4 Å². The maximum atomic E-state index is 13.4. The second-order valence-electron chi connectivity index (χ2n) is 6.77. The summed E-state index contributed by atoms with van der Waals surface area (Å²) in [6.45, 7) is 0. The van der Waals surface area contributed by atoms with Crippen molar-refractivity contribution >= 4 is 11.9 Å². The van der Waals surface area contributed by atoms with Crippen molar-refractivity contribution in [3.05, 3.63) is 89.2 Å². The highest BCUT2D eigenvalue weighted by Crippen LogP contribution is 2.28. The van der Waals surface area contributed by atoms with Crippen molar-refractivity contribution in [2.75, 3.05) is 0 Å². The van der Waals surface area contributed by atoms with Crippen LogP contribution in [0.15, 0.2) is 60.8 Å². The standard InChI is InChI=1S/C20H17F2N3O.C2HF3O2/c21-15-7-12(8-16(22)11-15)9-18(23)19-17(5-2-6-25-19)13-3-1-4-14(10-13)20(24)26;3-2(4,5)1(6)7/h1-8,10-11,18H,9,23H2,(H2,24,26);(H,6,7). The second-order valence-corrected chi connectivity index (χ2v) is 6.77. The van der Waals surface area contributed by atoms with Crippen LogP contribution >= 0.6 is 0 Å².